The summed E-state index contributed by atoms with van der Waals surface area (Å²) < 4.78 is 5.80. The molecule has 2 aromatic rings. The van der Waals surface area contributed by atoms with Gasteiger partial charge in [-0.15, -0.1) is 23.5 Å². The molecule has 2 saturated heterocycles. The fraction of sp³-hybridized carbons (Fsp3) is 0.286. The van der Waals surface area contributed by atoms with Crippen LogP contribution >= 0.6 is 23.5 Å². The molecular weight excluding hydrogens is 508 g/mol. The van der Waals surface area contributed by atoms with E-state index < -0.39 is 0 Å². The Kier molecular flexibility index (Phi) is 6.52. The van der Waals surface area contributed by atoms with Crippen LogP contribution in [0.15, 0.2) is 69.7 Å². The lowest BCUT2D eigenvalue weighted by Gasteiger charge is -2.21. The molecule has 0 aromatic heterocycles. The van der Waals surface area contributed by atoms with Gasteiger partial charge in [0.15, 0.2) is 0 Å². The topological polar surface area (TPSA) is 83.5 Å². The van der Waals surface area contributed by atoms with Gasteiger partial charge in [0.2, 0.25) is 23.1 Å². The highest BCUT2D eigenvalue weighted by Crippen LogP contribution is 2.38. The summed E-state index contributed by atoms with van der Waals surface area (Å²) in [4.78, 5) is 57.2. The van der Waals surface area contributed by atoms with Gasteiger partial charge < -0.3 is 14.5 Å². The highest BCUT2D eigenvalue weighted by molar-refractivity contribution is 8.04. The molecular formula is C28H24N2O5S2. The second-order valence-corrected chi connectivity index (χ2v) is 11.3. The summed E-state index contributed by atoms with van der Waals surface area (Å²) in [5.74, 6) is 0.685. The van der Waals surface area contributed by atoms with Gasteiger partial charge in [-0.05, 0) is 0 Å². The third-order valence-corrected chi connectivity index (χ3v) is 8.66. The molecule has 0 atom stereocenters. The Morgan fingerprint density at radius 1 is 0.568 bits per heavy atom. The van der Waals surface area contributed by atoms with Crippen LogP contribution in [0.2, 0.25) is 0 Å². The average molecular weight is 533 g/mol. The number of carbonyl (C=O) groups is 4. The molecule has 4 aliphatic rings. The number of ether oxygens (including phenoxy) is 1. The van der Waals surface area contributed by atoms with Crippen molar-refractivity contribution in [1.29, 1.82) is 0 Å². The van der Waals surface area contributed by atoms with Crippen LogP contribution in [-0.2, 0) is 4.74 Å². The Balaban J connectivity index is 1.05. The minimum atomic E-state index is -0.104. The Labute approximate surface area is 222 Å². The second kappa shape index (κ2) is 9.96. The van der Waals surface area contributed by atoms with Crippen molar-refractivity contribution in [2.75, 3.05) is 50.9 Å². The van der Waals surface area contributed by atoms with Crippen LogP contribution in [0.4, 0.5) is 0 Å². The van der Waals surface area contributed by atoms with E-state index in [2.05, 4.69) is 0 Å². The van der Waals surface area contributed by atoms with Gasteiger partial charge in [-0.1, -0.05) is 48.5 Å². The van der Waals surface area contributed by atoms with Crippen molar-refractivity contribution in [3.05, 3.63) is 92.0 Å². The Bertz CT molecular complexity index is 1300. The molecule has 2 aliphatic heterocycles. The van der Waals surface area contributed by atoms with Gasteiger partial charge in [0.1, 0.15) is 11.4 Å². The van der Waals surface area contributed by atoms with Crippen LogP contribution < -0.4 is 0 Å². The molecule has 2 fully saturated rings. The number of ketones is 4. The maximum absolute atomic E-state index is 13.1. The van der Waals surface area contributed by atoms with Crippen molar-refractivity contribution >= 4 is 46.7 Å². The average Bonchev–Trinajstić information content (AvgIpc) is 3.84. The summed E-state index contributed by atoms with van der Waals surface area (Å²) in [6, 6.07) is 14.0. The summed E-state index contributed by atoms with van der Waals surface area (Å²) in [7, 11) is 0. The van der Waals surface area contributed by atoms with E-state index in [1.54, 1.807) is 48.5 Å². The summed E-state index contributed by atoms with van der Waals surface area (Å²) >= 11 is 2.72. The number of Topliss-reactive ketones (excluding diaryl/α,β-unsaturated/α-hetero) is 4. The van der Waals surface area contributed by atoms with E-state index in [0.717, 1.165) is 26.2 Å². The Morgan fingerprint density at radius 2 is 0.919 bits per heavy atom. The van der Waals surface area contributed by atoms with Crippen molar-refractivity contribution < 1.29 is 23.9 Å². The minimum absolute atomic E-state index is 0.0868. The summed E-state index contributed by atoms with van der Waals surface area (Å²) in [5, 5.41) is 0. The number of fused-ring (bicyclic) bond motifs is 2. The highest BCUT2D eigenvalue weighted by Gasteiger charge is 2.39. The van der Waals surface area contributed by atoms with E-state index >= 15 is 0 Å². The molecule has 9 heteroatoms. The van der Waals surface area contributed by atoms with Crippen LogP contribution in [-0.4, -0.2) is 83.8 Å². The third-order valence-electron chi connectivity index (χ3n) is 6.58. The molecule has 7 nitrogen and oxygen atoms in total. The third kappa shape index (κ3) is 4.56. The summed E-state index contributed by atoms with van der Waals surface area (Å²) in [6.45, 7) is 3.95. The van der Waals surface area contributed by atoms with E-state index in [1.807, 2.05) is 9.80 Å². The minimum Gasteiger partial charge on any atom is -0.380 e. The smallest absolute Gasteiger partial charge is 0.211 e. The van der Waals surface area contributed by atoms with E-state index in [9.17, 15) is 19.2 Å². The zero-order valence-electron chi connectivity index (χ0n) is 20.0. The number of hydrogen-bond acceptors (Lipinski definition) is 9. The number of carbonyl (C=O) groups excluding carboxylic acids is 4. The van der Waals surface area contributed by atoms with Crippen molar-refractivity contribution in [3.8, 4) is 0 Å². The van der Waals surface area contributed by atoms with Gasteiger partial charge >= 0.3 is 0 Å². The molecule has 0 N–H and O–H groups in total. The fourth-order valence-electron chi connectivity index (χ4n) is 4.58. The van der Waals surface area contributed by atoms with Crippen LogP contribution in [0, 0.1) is 0 Å². The van der Waals surface area contributed by atoms with E-state index in [-0.39, 0.29) is 23.1 Å². The monoisotopic (exact) mass is 532 g/mol. The van der Waals surface area contributed by atoms with Crippen LogP contribution in [0.5, 0.6) is 0 Å². The number of nitrogens with zero attached hydrogens (tertiary/aromatic N) is 2. The second-order valence-electron chi connectivity index (χ2n) is 9.05. The molecule has 2 aromatic carbocycles. The van der Waals surface area contributed by atoms with Gasteiger partial charge in [-0.25, -0.2) is 0 Å². The van der Waals surface area contributed by atoms with Crippen molar-refractivity contribution in [1.82, 2.24) is 9.80 Å². The Hall–Kier alpha value is -3.14. The lowest BCUT2D eigenvalue weighted by Crippen LogP contribution is -2.25. The predicted molar refractivity (Wildman–Crippen MR) is 143 cm³/mol. The molecule has 0 amide bonds. The van der Waals surface area contributed by atoms with Crippen LogP contribution in [0.1, 0.15) is 41.4 Å². The summed E-state index contributed by atoms with van der Waals surface area (Å²) in [5.41, 5.74) is 2.89. The number of hydrogen-bond donors (Lipinski definition) is 0. The predicted octanol–water partition coefficient (Wildman–Crippen LogP) is 3.68. The number of allylic oxidation sites excluding steroid dienone is 4. The summed E-state index contributed by atoms with van der Waals surface area (Å²) in [6.07, 6.45) is 0. The van der Waals surface area contributed by atoms with Crippen LogP contribution in [0.3, 0.4) is 0 Å². The quantitative estimate of drug-likeness (QED) is 0.336. The van der Waals surface area contributed by atoms with Gasteiger partial charge in [-0.3, -0.25) is 19.2 Å². The molecule has 6 rings (SSSR count). The molecule has 0 saturated carbocycles. The maximum Gasteiger partial charge on any atom is 0.211 e. The van der Waals surface area contributed by atoms with Crippen molar-refractivity contribution in [3.63, 3.8) is 0 Å². The number of rotatable bonds is 10. The first-order valence-corrected chi connectivity index (χ1v) is 14.2. The van der Waals surface area contributed by atoms with Gasteiger partial charge in [-0.2, -0.15) is 0 Å². The van der Waals surface area contributed by atoms with Gasteiger partial charge in [0.25, 0.3) is 0 Å². The fourth-order valence-corrected chi connectivity index (χ4v) is 6.59. The number of benzene rings is 2. The Morgan fingerprint density at radius 3 is 1.27 bits per heavy atom. The standard InChI is InChI=1S/C28H24N2O5S2/c31-23-17-5-1-3-7-19(17)25(33)27(21(23)29-9-10-29)36-15-13-35-14-16-37-28-22(30-11-12-30)24(32)18-6-2-4-8-20(18)26(28)34/h1-8H,9-16H2. The zero-order valence-corrected chi connectivity index (χ0v) is 21.7. The normalized spacial score (nSPS) is 18.5. The maximum atomic E-state index is 13.1. The lowest BCUT2D eigenvalue weighted by atomic mass is 9.92. The van der Waals surface area contributed by atoms with E-state index in [0.29, 0.717) is 68.2 Å². The van der Waals surface area contributed by atoms with Crippen LogP contribution in [0.25, 0.3) is 0 Å². The number of thioether (sulfide) groups is 2. The molecule has 188 valence electrons. The SMILES string of the molecule is O=C1C(SCCOCCSC2=C(N3CC3)C(=O)c3ccccc3C2=O)=C(N2CC2)C(=O)c2ccccc21. The molecule has 0 radical (unpaired) electrons. The van der Waals surface area contributed by atoms with E-state index in [4.69, 9.17) is 4.74 Å². The molecule has 2 heterocycles. The first kappa shape index (κ1) is 24.2. The van der Waals surface area contributed by atoms with E-state index in [1.165, 1.54) is 23.5 Å². The lowest BCUT2D eigenvalue weighted by molar-refractivity contribution is 0.0967. The van der Waals surface area contributed by atoms with Crippen molar-refractivity contribution in [2.45, 2.75) is 0 Å². The molecule has 0 spiro atoms. The highest BCUT2D eigenvalue weighted by atomic mass is 32.2. The van der Waals surface area contributed by atoms with Gasteiger partial charge in [0, 0.05) is 59.9 Å². The molecule has 0 unspecified atom stereocenters. The first-order valence-electron chi connectivity index (χ1n) is 12.2. The molecule has 0 bridgehead atoms. The molecule has 2 aliphatic carbocycles. The zero-order chi connectivity index (χ0) is 25.5. The van der Waals surface area contributed by atoms with Crippen molar-refractivity contribution in [2.24, 2.45) is 0 Å². The molecule has 37 heavy (non-hydrogen) atoms. The largest absolute Gasteiger partial charge is 0.380 e. The first-order chi connectivity index (χ1) is 18.1. The van der Waals surface area contributed by atoms with Gasteiger partial charge in [0.05, 0.1) is 23.0 Å².